The van der Waals surface area contributed by atoms with E-state index >= 15 is 0 Å². The molecule has 2 aliphatic rings. The number of aliphatic carboxylic acids is 1. The number of unbranched alkanes of at least 4 members (excludes halogenated alkanes) is 1. The monoisotopic (exact) mass is 573 g/mol. The summed E-state index contributed by atoms with van der Waals surface area (Å²) in [6.07, 6.45) is 6.22. The number of rotatable bonds is 10. The normalized spacial score (nSPS) is 21.7. The molecule has 1 aromatic heterocycles. The van der Waals surface area contributed by atoms with Crippen LogP contribution in [0.5, 0.6) is 0 Å². The summed E-state index contributed by atoms with van der Waals surface area (Å²) < 4.78 is 13.8. The zero-order valence-electron chi connectivity index (χ0n) is 24.3. The molecular weight excluding hydrogens is 537 g/mol. The molecule has 0 saturated heterocycles. The van der Waals surface area contributed by atoms with E-state index in [9.17, 15) is 14.3 Å². The van der Waals surface area contributed by atoms with Crippen molar-refractivity contribution in [1.29, 1.82) is 0 Å². The van der Waals surface area contributed by atoms with Crippen LogP contribution in [0.3, 0.4) is 0 Å². The summed E-state index contributed by atoms with van der Waals surface area (Å²) in [5.41, 5.74) is 2.96. The molecule has 2 aromatic carbocycles. The quantitative estimate of drug-likeness (QED) is 0.233. The van der Waals surface area contributed by atoms with Crippen LogP contribution in [0.1, 0.15) is 87.6 Å². The Morgan fingerprint density at radius 3 is 2.67 bits per heavy atom. The highest BCUT2D eigenvalue weighted by atomic mass is 19.1. The number of nitrogens with one attached hydrogen (secondary N) is 1. The van der Waals surface area contributed by atoms with E-state index in [0.717, 1.165) is 22.7 Å². The number of hydrogen-bond donors (Lipinski definition) is 3. The van der Waals surface area contributed by atoms with Crippen molar-refractivity contribution >= 4 is 35.0 Å². The summed E-state index contributed by atoms with van der Waals surface area (Å²) in [6.45, 7) is 7.75. The molecule has 0 fully saturated rings. The third-order valence-corrected chi connectivity index (χ3v) is 7.87. The average Bonchev–Trinajstić information content (AvgIpc) is 3.55. The van der Waals surface area contributed by atoms with Crippen LogP contribution in [0.15, 0.2) is 58.7 Å². The summed E-state index contributed by atoms with van der Waals surface area (Å²) in [7, 11) is 0. The first kappa shape index (κ1) is 29.2. The number of imidazole rings is 1. The van der Waals surface area contributed by atoms with Gasteiger partial charge < -0.3 is 20.0 Å². The number of carboxylic acid groups (broad SMARTS) is 1. The average molecular weight is 574 g/mol. The number of oxime groups is 1. The van der Waals surface area contributed by atoms with Crippen molar-refractivity contribution in [3.63, 3.8) is 0 Å². The van der Waals surface area contributed by atoms with E-state index < -0.39 is 17.3 Å². The van der Waals surface area contributed by atoms with Gasteiger partial charge in [-0.1, -0.05) is 30.3 Å². The van der Waals surface area contributed by atoms with Gasteiger partial charge in [-0.15, -0.1) is 0 Å². The number of aliphatic hydroxyl groups is 1. The molecule has 2 unspecified atom stereocenters. The fourth-order valence-corrected chi connectivity index (χ4v) is 5.56. The van der Waals surface area contributed by atoms with E-state index in [1.165, 1.54) is 12.1 Å². The Bertz CT molecular complexity index is 1580. The molecule has 3 heterocycles. The lowest BCUT2D eigenvalue weighted by Gasteiger charge is -2.45. The highest BCUT2D eigenvalue weighted by Crippen LogP contribution is 2.45. The number of carboxylic acids is 1. The molecular formula is C32H36FN5O4. The molecule has 42 heavy (non-hydrogen) atoms. The van der Waals surface area contributed by atoms with Crippen LogP contribution in [0.25, 0.3) is 6.08 Å². The molecule has 2 atom stereocenters. The highest BCUT2D eigenvalue weighted by molar-refractivity contribution is 6.05. The molecule has 220 valence electrons. The highest BCUT2D eigenvalue weighted by Gasteiger charge is 2.44. The summed E-state index contributed by atoms with van der Waals surface area (Å²) in [6, 6.07) is 11.6. The van der Waals surface area contributed by atoms with Crippen molar-refractivity contribution in [1.82, 2.24) is 9.97 Å². The lowest BCUT2D eigenvalue weighted by molar-refractivity contribution is -0.137. The zero-order chi connectivity index (χ0) is 30.1. The van der Waals surface area contributed by atoms with Crippen LogP contribution in [0.4, 0.5) is 15.8 Å². The lowest BCUT2D eigenvalue weighted by Crippen LogP contribution is -2.51. The first-order valence-electron chi connectivity index (χ1n) is 14.2. The number of H-pyrrole nitrogens is 1. The Hall–Kier alpha value is -4.31. The Labute approximate surface area is 244 Å². The molecule has 0 amide bonds. The van der Waals surface area contributed by atoms with Gasteiger partial charge in [0.25, 0.3) is 0 Å². The Morgan fingerprint density at radius 2 is 1.98 bits per heavy atom. The molecule has 0 radical (unpaired) electrons. The van der Waals surface area contributed by atoms with E-state index in [4.69, 9.17) is 19.9 Å². The standard InChI is InChI=1S/C32H36FN5O4/c1-5-9-25-20(3)34-30(36-25)31(4)19-27(37-42-31)21-12-17-24-26(18-21)35-28(10-7-8-11-29(39)40)38(32(24,41)6-2)23-15-13-22(33)14-16-23/h5,9,12-18,41H,6-8,10-11,19H2,1-4H3,(H,34,36)(H,39,40)/b9-5-. The predicted octanol–water partition coefficient (Wildman–Crippen LogP) is 6.68. The Balaban J connectivity index is 1.49. The van der Waals surface area contributed by atoms with Gasteiger partial charge in [0.15, 0.2) is 17.2 Å². The van der Waals surface area contributed by atoms with Crippen LogP contribution in [0.2, 0.25) is 0 Å². The van der Waals surface area contributed by atoms with Gasteiger partial charge in [0.2, 0.25) is 0 Å². The maximum Gasteiger partial charge on any atom is 0.303 e. The third kappa shape index (κ3) is 5.46. The predicted molar refractivity (Wildman–Crippen MR) is 160 cm³/mol. The van der Waals surface area contributed by atoms with Crippen LogP contribution in [-0.4, -0.2) is 37.7 Å². The molecule has 0 bridgehead atoms. The van der Waals surface area contributed by atoms with Crippen LogP contribution >= 0.6 is 0 Å². The van der Waals surface area contributed by atoms with Crippen molar-refractivity contribution < 1.29 is 24.2 Å². The number of aryl methyl sites for hydroxylation is 1. The minimum Gasteiger partial charge on any atom is -0.481 e. The molecule has 0 spiro atoms. The molecule has 10 heteroatoms. The maximum absolute atomic E-state index is 13.8. The molecule has 0 aliphatic carbocycles. The third-order valence-electron chi connectivity index (χ3n) is 7.87. The zero-order valence-corrected chi connectivity index (χ0v) is 24.3. The number of hydrogen-bond acceptors (Lipinski definition) is 7. The van der Waals surface area contributed by atoms with E-state index in [1.54, 1.807) is 17.0 Å². The second-order valence-electron chi connectivity index (χ2n) is 11.0. The van der Waals surface area contributed by atoms with Crippen molar-refractivity contribution in [2.24, 2.45) is 10.1 Å². The van der Waals surface area contributed by atoms with Crippen LogP contribution in [-0.2, 0) is 21.0 Å². The number of benzene rings is 2. The number of aromatic amines is 1. The Morgan fingerprint density at radius 1 is 1.21 bits per heavy atom. The second-order valence-corrected chi connectivity index (χ2v) is 11.0. The van der Waals surface area contributed by atoms with Crippen molar-refractivity contribution in [2.75, 3.05) is 4.90 Å². The number of amidine groups is 1. The van der Waals surface area contributed by atoms with Gasteiger partial charge in [0.05, 0.1) is 17.1 Å². The number of aliphatic imine (C=N–C) groups is 1. The van der Waals surface area contributed by atoms with Gasteiger partial charge in [-0.3, -0.25) is 9.69 Å². The maximum atomic E-state index is 13.8. The number of nitrogens with zero attached hydrogens (tertiary/aromatic N) is 4. The largest absolute Gasteiger partial charge is 0.481 e. The minimum atomic E-state index is -1.45. The van der Waals surface area contributed by atoms with E-state index in [2.05, 4.69) is 10.1 Å². The van der Waals surface area contributed by atoms with E-state index in [1.807, 2.05) is 58.0 Å². The summed E-state index contributed by atoms with van der Waals surface area (Å²) in [4.78, 5) is 31.8. The number of carbonyl (C=O) groups is 1. The minimum absolute atomic E-state index is 0.0482. The SMILES string of the molecule is C/C=C\c1nc(C2(C)CC(c3ccc4c(c3)N=C(CCCCC(=O)O)N(c3ccc(F)cc3)C4(O)CC)=NO2)[nH]c1C. The topological polar surface area (TPSA) is 123 Å². The summed E-state index contributed by atoms with van der Waals surface area (Å²) in [5, 5.41) is 25.7. The fourth-order valence-electron chi connectivity index (χ4n) is 5.56. The first-order chi connectivity index (χ1) is 20.1. The van der Waals surface area contributed by atoms with Crippen molar-refractivity contribution in [2.45, 2.75) is 77.5 Å². The van der Waals surface area contributed by atoms with Gasteiger partial charge in [-0.25, -0.2) is 14.4 Å². The van der Waals surface area contributed by atoms with Crippen molar-refractivity contribution in [3.8, 4) is 0 Å². The second kappa shape index (κ2) is 11.5. The summed E-state index contributed by atoms with van der Waals surface area (Å²) in [5.74, 6) is 0.0419. The van der Waals surface area contributed by atoms with Gasteiger partial charge in [-0.2, -0.15) is 0 Å². The number of halogens is 1. The van der Waals surface area contributed by atoms with Crippen LogP contribution in [0, 0.1) is 12.7 Å². The number of aromatic nitrogens is 2. The lowest BCUT2D eigenvalue weighted by atomic mass is 9.89. The first-order valence-corrected chi connectivity index (χ1v) is 14.2. The number of fused-ring (bicyclic) bond motifs is 1. The van der Waals surface area contributed by atoms with Gasteiger partial charge in [-0.05, 0) is 76.4 Å². The number of allylic oxidation sites excluding steroid dienone is 1. The van der Waals surface area contributed by atoms with Gasteiger partial charge in [0, 0.05) is 41.8 Å². The smallest absolute Gasteiger partial charge is 0.303 e. The molecule has 0 saturated carbocycles. The number of anilines is 1. The molecule has 3 N–H and O–H groups in total. The Kier molecular flexibility index (Phi) is 8.01. The van der Waals surface area contributed by atoms with Gasteiger partial charge >= 0.3 is 5.97 Å². The van der Waals surface area contributed by atoms with E-state index in [0.29, 0.717) is 60.7 Å². The van der Waals surface area contributed by atoms with Crippen LogP contribution < -0.4 is 4.90 Å². The molecule has 2 aliphatic heterocycles. The molecule has 3 aromatic rings. The fraction of sp³-hybridized carbons (Fsp3) is 0.375. The van der Waals surface area contributed by atoms with Crippen molar-refractivity contribution in [3.05, 3.63) is 82.7 Å². The molecule has 5 rings (SSSR count). The van der Waals surface area contributed by atoms with E-state index in [-0.39, 0.29) is 12.2 Å². The summed E-state index contributed by atoms with van der Waals surface area (Å²) >= 11 is 0. The van der Waals surface area contributed by atoms with Gasteiger partial charge in [0.1, 0.15) is 11.7 Å². The molecule has 9 nitrogen and oxygen atoms in total.